The van der Waals surface area contributed by atoms with Crippen LogP contribution >= 0.6 is 0 Å². The maximum Gasteiger partial charge on any atom is 0.338 e. The molecule has 11 nitrogen and oxygen atoms in total. The Morgan fingerprint density at radius 2 is 1.38 bits per heavy atom. The molecule has 3 aromatic rings. The molecule has 0 bridgehead atoms. The quantitative estimate of drug-likeness (QED) is 0.157. The number of non-ortho nitro benzene ring substituents is 1. The van der Waals surface area contributed by atoms with E-state index in [0.29, 0.717) is 11.3 Å². The summed E-state index contributed by atoms with van der Waals surface area (Å²) in [5, 5.41) is 13.4. The van der Waals surface area contributed by atoms with Crippen molar-refractivity contribution in [3.05, 3.63) is 105 Å². The van der Waals surface area contributed by atoms with E-state index >= 15 is 0 Å². The summed E-state index contributed by atoms with van der Waals surface area (Å²) in [5.74, 6) is -2.92. The molecule has 0 aliphatic heterocycles. The van der Waals surface area contributed by atoms with E-state index < -0.39 is 41.8 Å². The molecule has 0 radical (unpaired) electrons. The average Bonchev–Trinajstić information content (AvgIpc) is 2.94. The molecule has 1 amide bonds. The second kappa shape index (κ2) is 13.4. The zero-order valence-electron chi connectivity index (χ0n) is 20.9. The second-order valence-electron chi connectivity index (χ2n) is 8.38. The first-order valence-corrected chi connectivity index (χ1v) is 11.7. The first-order valence-electron chi connectivity index (χ1n) is 11.7. The minimum atomic E-state index is -0.797. The van der Waals surface area contributed by atoms with Crippen LogP contribution in [0, 0.1) is 17.0 Å². The number of ketones is 2. The van der Waals surface area contributed by atoms with Crippen molar-refractivity contribution in [1.82, 2.24) is 0 Å². The Balaban J connectivity index is 1.40. The largest absolute Gasteiger partial charge is 0.457 e. The van der Waals surface area contributed by atoms with Gasteiger partial charge >= 0.3 is 11.9 Å². The lowest BCUT2D eigenvalue weighted by Crippen LogP contribution is -2.17. The Morgan fingerprint density at radius 1 is 0.769 bits per heavy atom. The summed E-state index contributed by atoms with van der Waals surface area (Å²) in [6.45, 7) is 0.863. The van der Waals surface area contributed by atoms with Crippen LogP contribution < -0.4 is 5.32 Å². The molecule has 0 fully saturated rings. The lowest BCUT2D eigenvalue weighted by molar-refractivity contribution is -0.384. The molecule has 0 heterocycles. The Kier molecular flexibility index (Phi) is 9.74. The van der Waals surface area contributed by atoms with Crippen LogP contribution in [0.2, 0.25) is 0 Å². The van der Waals surface area contributed by atoms with Crippen molar-refractivity contribution in [1.29, 1.82) is 0 Å². The highest BCUT2D eigenvalue weighted by atomic mass is 16.6. The van der Waals surface area contributed by atoms with Crippen molar-refractivity contribution < 1.29 is 38.4 Å². The van der Waals surface area contributed by atoms with Crippen molar-refractivity contribution in [3.8, 4) is 0 Å². The molecule has 1 N–H and O–H groups in total. The summed E-state index contributed by atoms with van der Waals surface area (Å²) in [4.78, 5) is 70.7. The van der Waals surface area contributed by atoms with Gasteiger partial charge in [-0.3, -0.25) is 29.3 Å². The minimum absolute atomic E-state index is 0.0387. The maximum absolute atomic E-state index is 12.2. The number of nitro benzene ring substituents is 1. The lowest BCUT2D eigenvalue weighted by atomic mass is 10.1. The number of nitrogens with one attached hydrogen (secondary N) is 1. The van der Waals surface area contributed by atoms with Crippen molar-refractivity contribution >= 4 is 40.8 Å². The molecule has 200 valence electrons. The van der Waals surface area contributed by atoms with Gasteiger partial charge in [-0.25, -0.2) is 4.79 Å². The van der Waals surface area contributed by atoms with E-state index in [1.165, 1.54) is 42.5 Å². The fourth-order valence-electron chi connectivity index (χ4n) is 3.26. The number of aryl methyl sites for hydroxylation is 1. The van der Waals surface area contributed by atoms with Gasteiger partial charge in [0, 0.05) is 35.4 Å². The molecule has 0 unspecified atom stereocenters. The highest BCUT2D eigenvalue weighted by Gasteiger charge is 2.16. The van der Waals surface area contributed by atoms with Gasteiger partial charge in [-0.1, -0.05) is 42.0 Å². The van der Waals surface area contributed by atoms with E-state index in [2.05, 4.69) is 5.32 Å². The second-order valence-corrected chi connectivity index (χ2v) is 8.38. The van der Waals surface area contributed by atoms with Crippen LogP contribution in [-0.4, -0.2) is 47.5 Å². The predicted molar refractivity (Wildman–Crippen MR) is 138 cm³/mol. The van der Waals surface area contributed by atoms with Crippen molar-refractivity contribution in [3.63, 3.8) is 0 Å². The number of rotatable bonds is 12. The van der Waals surface area contributed by atoms with E-state index in [-0.39, 0.29) is 35.4 Å². The number of nitrogens with zero attached hydrogens (tertiary/aromatic N) is 1. The van der Waals surface area contributed by atoms with Gasteiger partial charge in [-0.05, 0) is 31.2 Å². The van der Waals surface area contributed by atoms with E-state index in [9.17, 15) is 34.1 Å². The third-order valence-corrected chi connectivity index (χ3v) is 5.41. The highest BCUT2D eigenvalue weighted by Crippen LogP contribution is 2.15. The Bertz CT molecular complexity index is 1400. The molecule has 0 spiro atoms. The van der Waals surface area contributed by atoms with Crippen molar-refractivity contribution in [2.45, 2.75) is 19.8 Å². The molecule has 3 aromatic carbocycles. The number of hydrogen-bond donors (Lipinski definition) is 1. The van der Waals surface area contributed by atoms with E-state index in [0.717, 1.165) is 11.6 Å². The van der Waals surface area contributed by atoms with Crippen LogP contribution in [0.4, 0.5) is 11.4 Å². The summed E-state index contributed by atoms with van der Waals surface area (Å²) in [6, 6.07) is 17.5. The molecule has 0 saturated heterocycles. The fraction of sp³-hybridized carbons (Fsp3) is 0.179. The number of anilines is 1. The number of nitro groups is 1. The molecule has 11 heteroatoms. The Hall–Kier alpha value is -5.19. The number of benzene rings is 3. The number of esters is 2. The minimum Gasteiger partial charge on any atom is -0.457 e. The number of Topliss-reactive ketones (excluding diaryl/α,β-unsaturated/α-hetero) is 2. The SMILES string of the molecule is Cc1ccc(C(=O)COC(=O)CCC(=O)Nc2ccc(C(=O)OCC(=O)c3cccc([N+](=O)[O-])c3)cc2)cc1. The third kappa shape index (κ3) is 8.71. The number of carbonyl (C=O) groups is 5. The van der Waals surface area contributed by atoms with Gasteiger partial charge in [-0.2, -0.15) is 0 Å². The zero-order valence-corrected chi connectivity index (χ0v) is 20.9. The molecule has 0 aromatic heterocycles. The van der Waals surface area contributed by atoms with E-state index in [1.807, 2.05) is 6.92 Å². The normalized spacial score (nSPS) is 10.3. The summed E-state index contributed by atoms with van der Waals surface area (Å²) in [6.07, 6.45) is -0.406. The monoisotopic (exact) mass is 532 g/mol. The van der Waals surface area contributed by atoms with Crippen LogP contribution in [0.15, 0.2) is 72.8 Å². The molecule has 0 atom stereocenters. The average molecular weight is 533 g/mol. The maximum atomic E-state index is 12.2. The molecule has 39 heavy (non-hydrogen) atoms. The van der Waals surface area contributed by atoms with Crippen molar-refractivity contribution in [2.75, 3.05) is 18.5 Å². The van der Waals surface area contributed by atoms with Gasteiger partial charge in [0.1, 0.15) is 0 Å². The first-order chi connectivity index (χ1) is 18.6. The number of hydrogen-bond acceptors (Lipinski definition) is 9. The van der Waals surface area contributed by atoms with E-state index in [1.54, 1.807) is 24.3 Å². The van der Waals surface area contributed by atoms with Gasteiger partial charge in [0.2, 0.25) is 11.7 Å². The van der Waals surface area contributed by atoms with Crippen molar-refractivity contribution in [2.24, 2.45) is 0 Å². The molecule has 0 aliphatic rings. The molecule has 0 saturated carbocycles. The molecular weight excluding hydrogens is 508 g/mol. The number of carbonyl (C=O) groups excluding carboxylic acids is 5. The van der Waals surface area contributed by atoms with Gasteiger partial charge in [0.25, 0.3) is 5.69 Å². The van der Waals surface area contributed by atoms with Crippen LogP contribution in [0.1, 0.15) is 49.5 Å². The molecule has 3 rings (SSSR count). The van der Waals surface area contributed by atoms with Gasteiger partial charge in [-0.15, -0.1) is 0 Å². The Labute approximate surface area is 222 Å². The Morgan fingerprint density at radius 3 is 2.05 bits per heavy atom. The van der Waals surface area contributed by atoms with Crippen LogP contribution in [0.3, 0.4) is 0 Å². The topological polar surface area (TPSA) is 159 Å². The standard InChI is InChI=1S/C28H24N2O9/c1-18-5-7-19(8-6-18)24(31)16-38-27(34)14-13-26(33)29-22-11-9-20(10-12-22)28(35)39-17-25(32)21-3-2-4-23(15-21)30(36)37/h2-12,15H,13-14,16-17H2,1H3,(H,29,33). The lowest BCUT2D eigenvalue weighted by Gasteiger charge is -2.08. The summed E-state index contributed by atoms with van der Waals surface area (Å²) < 4.78 is 9.92. The smallest absolute Gasteiger partial charge is 0.338 e. The predicted octanol–water partition coefficient (Wildman–Crippen LogP) is 4.09. The van der Waals surface area contributed by atoms with Gasteiger partial charge in [0.05, 0.1) is 16.9 Å². The molecular formula is C28H24N2O9. The van der Waals surface area contributed by atoms with Crippen LogP contribution in [0.25, 0.3) is 0 Å². The third-order valence-electron chi connectivity index (χ3n) is 5.41. The fourth-order valence-corrected chi connectivity index (χ4v) is 3.26. The summed E-state index contributed by atoms with van der Waals surface area (Å²) in [5.41, 5.74) is 1.67. The number of amides is 1. The summed E-state index contributed by atoms with van der Waals surface area (Å²) >= 11 is 0. The first kappa shape index (κ1) is 28.4. The van der Waals surface area contributed by atoms with E-state index in [4.69, 9.17) is 9.47 Å². The van der Waals surface area contributed by atoms with Crippen LogP contribution in [-0.2, 0) is 19.1 Å². The zero-order chi connectivity index (χ0) is 28.4. The summed E-state index contributed by atoms with van der Waals surface area (Å²) in [7, 11) is 0. The van der Waals surface area contributed by atoms with Gasteiger partial charge in [0.15, 0.2) is 19.0 Å². The highest BCUT2D eigenvalue weighted by molar-refractivity contribution is 6.00. The van der Waals surface area contributed by atoms with Crippen LogP contribution in [0.5, 0.6) is 0 Å². The van der Waals surface area contributed by atoms with Gasteiger partial charge < -0.3 is 14.8 Å². The number of ether oxygens (including phenoxy) is 2. The molecule has 0 aliphatic carbocycles.